The normalized spacial score (nSPS) is 27.5. The lowest BCUT2D eigenvalue weighted by atomic mass is 9.99. The number of hydrogen-bond acceptors (Lipinski definition) is 4. The van der Waals surface area contributed by atoms with Crippen molar-refractivity contribution in [2.75, 3.05) is 31.6 Å². The second-order valence-electron chi connectivity index (χ2n) is 5.10. The van der Waals surface area contributed by atoms with Crippen molar-refractivity contribution in [3.8, 4) is 0 Å². The van der Waals surface area contributed by atoms with E-state index in [1.54, 1.807) is 7.11 Å². The lowest BCUT2D eigenvalue weighted by Crippen LogP contribution is -2.41. The Morgan fingerprint density at radius 1 is 1.47 bits per heavy atom. The van der Waals surface area contributed by atoms with Crippen LogP contribution in [0.2, 0.25) is 0 Å². The van der Waals surface area contributed by atoms with E-state index >= 15 is 0 Å². The molecule has 92 valence electrons. The summed E-state index contributed by atoms with van der Waals surface area (Å²) in [6.07, 6.45) is 5.18. The minimum Gasteiger partial charge on any atom is -0.380 e. The summed E-state index contributed by atoms with van der Waals surface area (Å²) >= 11 is 0. The van der Waals surface area contributed by atoms with Crippen LogP contribution in [0.3, 0.4) is 0 Å². The first-order valence-corrected chi connectivity index (χ1v) is 6.26. The number of pyridine rings is 1. The number of hydrogen-bond donors (Lipinski definition) is 1. The van der Waals surface area contributed by atoms with E-state index in [1.165, 1.54) is 18.7 Å². The Morgan fingerprint density at radius 2 is 2.41 bits per heavy atom. The largest absolute Gasteiger partial charge is 0.380 e. The Hall–Kier alpha value is -1.13. The molecule has 2 aliphatic rings. The van der Waals surface area contributed by atoms with Crippen LogP contribution in [0.1, 0.15) is 12.0 Å². The van der Waals surface area contributed by atoms with Crippen molar-refractivity contribution < 1.29 is 4.74 Å². The van der Waals surface area contributed by atoms with Gasteiger partial charge in [0.05, 0.1) is 18.5 Å². The van der Waals surface area contributed by atoms with Crippen LogP contribution in [0, 0.1) is 5.92 Å². The summed E-state index contributed by atoms with van der Waals surface area (Å²) in [6.45, 7) is 4.07. The average Bonchev–Trinajstić information content (AvgIpc) is 2.69. The van der Waals surface area contributed by atoms with Crippen molar-refractivity contribution in [1.29, 1.82) is 0 Å². The molecule has 0 saturated carbocycles. The van der Waals surface area contributed by atoms with Crippen LogP contribution in [-0.4, -0.2) is 37.8 Å². The van der Waals surface area contributed by atoms with Gasteiger partial charge < -0.3 is 15.0 Å². The highest BCUT2D eigenvalue weighted by atomic mass is 16.5. The van der Waals surface area contributed by atoms with Crippen molar-refractivity contribution in [3.05, 3.63) is 24.0 Å². The van der Waals surface area contributed by atoms with E-state index < -0.39 is 0 Å². The molecule has 17 heavy (non-hydrogen) atoms. The van der Waals surface area contributed by atoms with Gasteiger partial charge in [0.15, 0.2) is 0 Å². The van der Waals surface area contributed by atoms with Gasteiger partial charge in [-0.3, -0.25) is 4.98 Å². The molecule has 1 aromatic heterocycles. The van der Waals surface area contributed by atoms with E-state index in [0.717, 1.165) is 24.6 Å². The SMILES string of the molecule is COCc1cncc(N2CC3CNC(C3)C2)c1. The molecule has 0 spiro atoms. The number of rotatable bonds is 3. The molecule has 1 N–H and O–H groups in total. The summed E-state index contributed by atoms with van der Waals surface area (Å²) in [5.74, 6) is 0.805. The fourth-order valence-corrected chi connectivity index (χ4v) is 2.94. The first-order chi connectivity index (χ1) is 8.35. The molecule has 4 nitrogen and oxygen atoms in total. The van der Waals surface area contributed by atoms with Crippen LogP contribution >= 0.6 is 0 Å². The molecule has 1 aromatic rings. The molecule has 0 amide bonds. The van der Waals surface area contributed by atoms with Crippen LogP contribution in [0.4, 0.5) is 5.69 Å². The zero-order valence-electron chi connectivity index (χ0n) is 10.2. The lowest BCUT2D eigenvalue weighted by Gasteiger charge is -2.32. The number of aromatic nitrogens is 1. The maximum absolute atomic E-state index is 5.15. The van der Waals surface area contributed by atoms with Crippen molar-refractivity contribution in [2.24, 2.45) is 5.92 Å². The van der Waals surface area contributed by atoms with Crippen LogP contribution < -0.4 is 10.2 Å². The second-order valence-corrected chi connectivity index (χ2v) is 5.10. The highest BCUT2D eigenvalue weighted by Gasteiger charge is 2.32. The van der Waals surface area contributed by atoms with Gasteiger partial charge in [-0.05, 0) is 24.0 Å². The van der Waals surface area contributed by atoms with Gasteiger partial charge in [-0.1, -0.05) is 0 Å². The van der Waals surface area contributed by atoms with E-state index in [9.17, 15) is 0 Å². The van der Waals surface area contributed by atoms with E-state index in [-0.39, 0.29) is 0 Å². The molecule has 0 aromatic carbocycles. The molecule has 2 atom stereocenters. The van der Waals surface area contributed by atoms with Crippen LogP contribution in [0.25, 0.3) is 0 Å². The van der Waals surface area contributed by atoms with Crippen LogP contribution in [-0.2, 0) is 11.3 Å². The van der Waals surface area contributed by atoms with Gasteiger partial charge >= 0.3 is 0 Å². The number of nitrogens with zero attached hydrogens (tertiary/aromatic N) is 2. The summed E-state index contributed by atoms with van der Waals surface area (Å²) in [7, 11) is 1.72. The van der Waals surface area contributed by atoms with E-state index in [0.29, 0.717) is 12.6 Å². The van der Waals surface area contributed by atoms with Crippen molar-refractivity contribution >= 4 is 5.69 Å². The van der Waals surface area contributed by atoms with Crippen LogP contribution in [0.5, 0.6) is 0 Å². The van der Waals surface area contributed by atoms with Crippen LogP contribution in [0.15, 0.2) is 18.5 Å². The molecule has 0 radical (unpaired) electrons. The first-order valence-electron chi connectivity index (χ1n) is 6.26. The summed E-state index contributed by atoms with van der Waals surface area (Å²) in [6, 6.07) is 2.86. The fourth-order valence-electron chi connectivity index (χ4n) is 2.94. The van der Waals surface area contributed by atoms with Crippen molar-refractivity contribution in [3.63, 3.8) is 0 Å². The molecule has 3 rings (SSSR count). The van der Waals surface area contributed by atoms with Gasteiger partial charge in [0.2, 0.25) is 0 Å². The third-order valence-electron chi connectivity index (χ3n) is 3.69. The molecule has 2 saturated heterocycles. The average molecular weight is 233 g/mol. The zero-order valence-corrected chi connectivity index (χ0v) is 10.2. The second kappa shape index (κ2) is 4.63. The van der Waals surface area contributed by atoms with Gasteiger partial charge in [-0.2, -0.15) is 0 Å². The molecule has 4 heteroatoms. The van der Waals surface area contributed by atoms with Crippen molar-refractivity contribution in [2.45, 2.75) is 19.1 Å². The predicted octanol–water partition coefficient (Wildman–Crippen LogP) is 1.03. The number of ether oxygens (including phenoxy) is 1. The van der Waals surface area contributed by atoms with Gasteiger partial charge in [-0.25, -0.2) is 0 Å². The third-order valence-corrected chi connectivity index (χ3v) is 3.69. The Balaban J connectivity index is 1.77. The Morgan fingerprint density at radius 3 is 3.24 bits per heavy atom. The molecule has 3 heterocycles. The van der Waals surface area contributed by atoms with Gasteiger partial charge in [-0.15, -0.1) is 0 Å². The highest BCUT2D eigenvalue weighted by Crippen LogP contribution is 2.26. The topological polar surface area (TPSA) is 37.4 Å². The Labute approximate surface area is 102 Å². The van der Waals surface area contributed by atoms with Crippen molar-refractivity contribution in [1.82, 2.24) is 10.3 Å². The molecule has 0 aliphatic carbocycles. The fraction of sp³-hybridized carbons (Fsp3) is 0.615. The quantitative estimate of drug-likeness (QED) is 0.846. The minimum absolute atomic E-state index is 0.639. The Bertz CT molecular complexity index is 384. The molecule has 2 bridgehead atoms. The first kappa shape index (κ1) is 11.0. The van der Waals surface area contributed by atoms with Gasteiger partial charge in [0.1, 0.15) is 0 Å². The molecule has 2 fully saturated rings. The summed E-state index contributed by atoms with van der Waals surface area (Å²) in [5, 5.41) is 3.57. The maximum Gasteiger partial charge on any atom is 0.0728 e. The van der Waals surface area contributed by atoms with Gasteiger partial charge in [0.25, 0.3) is 0 Å². The highest BCUT2D eigenvalue weighted by molar-refractivity contribution is 5.47. The maximum atomic E-state index is 5.15. The number of fused-ring (bicyclic) bond motifs is 2. The minimum atomic E-state index is 0.639. The monoisotopic (exact) mass is 233 g/mol. The van der Waals surface area contributed by atoms with E-state index in [1.807, 2.05) is 12.4 Å². The van der Waals surface area contributed by atoms with E-state index in [2.05, 4.69) is 21.3 Å². The number of anilines is 1. The number of methoxy groups -OCH3 is 1. The predicted molar refractivity (Wildman–Crippen MR) is 67.1 cm³/mol. The van der Waals surface area contributed by atoms with E-state index in [4.69, 9.17) is 4.74 Å². The summed E-state index contributed by atoms with van der Waals surface area (Å²) < 4.78 is 5.15. The Kier molecular flexibility index (Phi) is 2.99. The molecule has 2 aliphatic heterocycles. The smallest absolute Gasteiger partial charge is 0.0728 e. The number of piperidine rings is 1. The molecular formula is C13H19N3O. The summed E-state index contributed by atoms with van der Waals surface area (Å²) in [5.41, 5.74) is 2.38. The molecular weight excluding hydrogens is 214 g/mol. The zero-order chi connectivity index (χ0) is 11.7. The lowest BCUT2D eigenvalue weighted by molar-refractivity contribution is 0.184. The standard InChI is InChI=1S/C13H19N3O/c1-17-9-11-3-13(6-14-4-11)16-7-10-2-12(8-16)15-5-10/h3-4,6,10,12,15H,2,5,7-9H2,1H3. The third kappa shape index (κ3) is 2.28. The summed E-state index contributed by atoms with van der Waals surface area (Å²) in [4.78, 5) is 6.76. The molecule has 2 unspecified atom stereocenters. The number of nitrogens with one attached hydrogen (secondary N) is 1. The van der Waals surface area contributed by atoms with Gasteiger partial charge in [0, 0.05) is 39.0 Å².